The summed E-state index contributed by atoms with van der Waals surface area (Å²) >= 11 is 5.93. The zero-order valence-electron chi connectivity index (χ0n) is 11.2. The van der Waals surface area contributed by atoms with E-state index >= 15 is 0 Å². The molecule has 1 amide bonds. The molecule has 3 nitrogen and oxygen atoms in total. The van der Waals surface area contributed by atoms with Gasteiger partial charge in [-0.3, -0.25) is 4.79 Å². The third-order valence-corrected chi connectivity index (χ3v) is 3.82. The fourth-order valence-electron chi connectivity index (χ4n) is 2.26. The highest BCUT2D eigenvalue weighted by Crippen LogP contribution is 2.32. The fraction of sp³-hybridized carbons (Fsp3) is 0.533. The number of para-hydroxylation sites is 1. The van der Waals surface area contributed by atoms with Crippen molar-refractivity contribution < 1.29 is 9.53 Å². The van der Waals surface area contributed by atoms with Crippen LogP contribution in [0.4, 0.5) is 0 Å². The van der Waals surface area contributed by atoms with E-state index in [2.05, 4.69) is 0 Å². The quantitative estimate of drug-likeness (QED) is 0.751. The van der Waals surface area contributed by atoms with Gasteiger partial charge >= 0.3 is 0 Å². The number of rotatable bonds is 6. The monoisotopic (exact) mass is 281 g/mol. The molecule has 0 N–H and O–H groups in total. The van der Waals surface area contributed by atoms with E-state index in [9.17, 15) is 4.79 Å². The fourth-order valence-corrected chi connectivity index (χ4v) is 2.76. The van der Waals surface area contributed by atoms with Gasteiger partial charge in [0, 0.05) is 19.0 Å². The first kappa shape index (κ1) is 14.2. The normalized spacial score (nSPS) is 21.6. The van der Waals surface area contributed by atoms with Gasteiger partial charge in [-0.15, -0.1) is 11.6 Å². The number of alkyl halides is 1. The average Bonchev–Trinajstić information content (AvgIpc) is 2.38. The van der Waals surface area contributed by atoms with E-state index in [1.54, 1.807) is 4.90 Å². The number of nitrogens with zero attached hydrogens (tertiary/aromatic N) is 1. The van der Waals surface area contributed by atoms with Gasteiger partial charge < -0.3 is 9.64 Å². The molecule has 2 rings (SSSR count). The van der Waals surface area contributed by atoms with Gasteiger partial charge in [0.2, 0.25) is 5.91 Å². The summed E-state index contributed by atoms with van der Waals surface area (Å²) in [6.07, 6.45) is 2.47. The molecule has 0 aromatic heterocycles. The van der Waals surface area contributed by atoms with E-state index in [-0.39, 0.29) is 5.91 Å². The van der Waals surface area contributed by atoms with Gasteiger partial charge in [-0.1, -0.05) is 18.2 Å². The summed E-state index contributed by atoms with van der Waals surface area (Å²) in [6.45, 7) is 1.24. The maximum absolute atomic E-state index is 11.9. The highest BCUT2D eigenvalue weighted by Gasteiger charge is 2.28. The molecule has 104 valence electrons. The molecule has 19 heavy (non-hydrogen) atoms. The number of amides is 1. The summed E-state index contributed by atoms with van der Waals surface area (Å²) in [5, 5.41) is 0.315. The highest BCUT2D eigenvalue weighted by molar-refractivity contribution is 6.21. The van der Waals surface area contributed by atoms with Gasteiger partial charge in [0.1, 0.15) is 5.75 Å². The van der Waals surface area contributed by atoms with E-state index in [4.69, 9.17) is 16.3 Å². The van der Waals surface area contributed by atoms with Gasteiger partial charge in [0.15, 0.2) is 0 Å². The van der Waals surface area contributed by atoms with Crippen LogP contribution in [0.5, 0.6) is 5.75 Å². The van der Waals surface area contributed by atoms with E-state index in [0.29, 0.717) is 24.3 Å². The molecule has 0 spiro atoms. The number of ether oxygens (including phenoxy) is 1. The Morgan fingerprint density at radius 2 is 2.05 bits per heavy atom. The molecule has 1 aromatic rings. The second-order valence-corrected chi connectivity index (χ2v) is 5.74. The first-order chi connectivity index (χ1) is 9.15. The van der Waals surface area contributed by atoms with E-state index in [1.807, 2.05) is 37.4 Å². The van der Waals surface area contributed by atoms with Gasteiger partial charge in [-0.2, -0.15) is 0 Å². The van der Waals surface area contributed by atoms with Gasteiger partial charge in [0.05, 0.1) is 13.0 Å². The molecule has 0 aliphatic heterocycles. The standard InChI is InChI=1S/C15H20ClNO2/c1-17(11-12-9-13(16)10-12)15(18)7-8-19-14-5-3-2-4-6-14/h2-6,12-13H,7-11H2,1H3. The molecule has 1 aliphatic carbocycles. The second kappa shape index (κ2) is 6.80. The molecule has 1 aliphatic rings. The van der Waals surface area contributed by atoms with Crippen LogP contribution in [0, 0.1) is 5.92 Å². The molecular weight excluding hydrogens is 262 g/mol. The van der Waals surface area contributed by atoms with Crippen molar-refractivity contribution in [2.75, 3.05) is 20.2 Å². The minimum absolute atomic E-state index is 0.133. The number of benzene rings is 1. The molecule has 4 heteroatoms. The lowest BCUT2D eigenvalue weighted by atomic mass is 9.84. The Morgan fingerprint density at radius 3 is 2.68 bits per heavy atom. The van der Waals surface area contributed by atoms with Crippen LogP contribution in [0.25, 0.3) is 0 Å². The number of carbonyl (C=O) groups excluding carboxylic acids is 1. The van der Waals surface area contributed by atoms with Crippen molar-refractivity contribution in [3.05, 3.63) is 30.3 Å². The van der Waals surface area contributed by atoms with Crippen LogP contribution < -0.4 is 4.74 Å². The van der Waals surface area contributed by atoms with Crippen molar-refractivity contribution in [1.82, 2.24) is 4.90 Å². The SMILES string of the molecule is CN(CC1CC(Cl)C1)C(=O)CCOc1ccccc1. The Hall–Kier alpha value is -1.22. The summed E-state index contributed by atoms with van der Waals surface area (Å²) in [4.78, 5) is 13.7. The van der Waals surface area contributed by atoms with Crippen LogP contribution >= 0.6 is 11.6 Å². The Balaban J connectivity index is 1.63. The predicted molar refractivity (Wildman–Crippen MR) is 76.6 cm³/mol. The largest absolute Gasteiger partial charge is 0.493 e. The van der Waals surface area contributed by atoms with E-state index in [0.717, 1.165) is 25.1 Å². The number of hydrogen-bond acceptors (Lipinski definition) is 2. The van der Waals surface area contributed by atoms with Crippen molar-refractivity contribution in [1.29, 1.82) is 0 Å². The average molecular weight is 282 g/mol. The minimum Gasteiger partial charge on any atom is -0.493 e. The van der Waals surface area contributed by atoms with E-state index in [1.165, 1.54) is 0 Å². The number of hydrogen-bond donors (Lipinski definition) is 0. The first-order valence-electron chi connectivity index (χ1n) is 6.71. The molecule has 0 heterocycles. The predicted octanol–water partition coefficient (Wildman–Crippen LogP) is 2.93. The Morgan fingerprint density at radius 1 is 1.37 bits per heavy atom. The van der Waals surface area contributed by atoms with Crippen LogP contribution in [-0.2, 0) is 4.79 Å². The maximum Gasteiger partial charge on any atom is 0.225 e. The van der Waals surface area contributed by atoms with Crippen LogP contribution in [0.1, 0.15) is 19.3 Å². The second-order valence-electron chi connectivity index (χ2n) is 5.12. The minimum atomic E-state index is 0.133. The first-order valence-corrected chi connectivity index (χ1v) is 7.14. The molecule has 1 aromatic carbocycles. The van der Waals surface area contributed by atoms with Crippen molar-refractivity contribution >= 4 is 17.5 Å². The smallest absolute Gasteiger partial charge is 0.225 e. The van der Waals surface area contributed by atoms with Crippen molar-refractivity contribution in [2.24, 2.45) is 5.92 Å². The molecule has 1 saturated carbocycles. The molecule has 0 bridgehead atoms. The van der Waals surface area contributed by atoms with Gasteiger partial charge in [0.25, 0.3) is 0 Å². The highest BCUT2D eigenvalue weighted by atomic mass is 35.5. The third-order valence-electron chi connectivity index (χ3n) is 3.46. The zero-order chi connectivity index (χ0) is 13.7. The van der Waals surface area contributed by atoms with Crippen molar-refractivity contribution in [3.63, 3.8) is 0 Å². The molecular formula is C15H20ClNO2. The van der Waals surface area contributed by atoms with Gasteiger partial charge in [-0.05, 0) is 30.9 Å². The molecule has 0 radical (unpaired) electrons. The lowest BCUT2D eigenvalue weighted by molar-refractivity contribution is -0.131. The van der Waals surface area contributed by atoms with Crippen LogP contribution in [-0.4, -0.2) is 36.4 Å². The topological polar surface area (TPSA) is 29.5 Å². The lowest BCUT2D eigenvalue weighted by Crippen LogP contribution is -2.38. The van der Waals surface area contributed by atoms with Crippen molar-refractivity contribution in [3.8, 4) is 5.75 Å². The third kappa shape index (κ3) is 4.43. The summed E-state index contributed by atoms with van der Waals surface area (Å²) < 4.78 is 5.52. The van der Waals surface area contributed by atoms with Crippen LogP contribution in [0.2, 0.25) is 0 Å². The number of halogens is 1. The number of carbonyl (C=O) groups is 1. The summed E-state index contributed by atoms with van der Waals surface area (Å²) in [7, 11) is 1.85. The van der Waals surface area contributed by atoms with E-state index < -0.39 is 0 Å². The molecule has 0 unspecified atom stereocenters. The van der Waals surface area contributed by atoms with Crippen molar-refractivity contribution in [2.45, 2.75) is 24.6 Å². The molecule has 0 atom stereocenters. The Kier molecular flexibility index (Phi) is 5.08. The maximum atomic E-state index is 11.9. The summed E-state index contributed by atoms with van der Waals surface area (Å²) in [6, 6.07) is 9.56. The van der Waals surface area contributed by atoms with Gasteiger partial charge in [-0.25, -0.2) is 0 Å². The lowest BCUT2D eigenvalue weighted by Gasteiger charge is -2.34. The van der Waals surface area contributed by atoms with Crippen LogP contribution in [0.15, 0.2) is 30.3 Å². The zero-order valence-corrected chi connectivity index (χ0v) is 12.0. The molecule has 1 fully saturated rings. The Labute approximate surface area is 119 Å². The molecule has 0 saturated heterocycles. The summed E-state index contributed by atoms with van der Waals surface area (Å²) in [5.41, 5.74) is 0. The van der Waals surface area contributed by atoms with Crippen LogP contribution in [0.3, 0.4) is 0 Å². The summed E-state index contributed by atoms with van der Waals surface area (Å²) in [5.74, 6) is 1.52. The Bertz CT molecular complexity index is 404.